The Balaban J connectivity index is 2.73. The van der Waals surface area contributed by atoms with Gasteiger partial charge in [0, 0.05) is 18.8 Å². The van der Waals surface area contributed by atoms with Gasteiger partial charge in [-0.2, -0.15) is 12.6 Å². The molecule has 1 aliphatic rings. The van der Waals surface area contributed by atoms with Gasteiger partial charge >= 0.3 is 6.09 Å². The summed E-state index contributed by atoms with van der Waals surface area (Å²) in [5.74, 6) is -0.174. The van der Waals surface area contributed by atoms with Gasteiger partial charge in [-0.25, -0.2) is 4.79 Å². The lowest BCUT2D eigenvalue weighted by atomic mass is 10.2. The number of rotatable bonds is 1. The van der Waals surface area contributed by atoms with Crippen LogP contribution >= 0.6 is 12.6 Å². The third kappa shape index (κ3) is 3.80. The highest BCUT2D eigenvalue weighted by Gasteiger charge is 2.39. The van der Waals surface area contributed by atoms with Crippen molar-refractivity contribution in [3.8, 4) is 0 Å². The van der Waals surface area contributed by atoms with Crippen LogP contribution in [0.1, 0.15) is 27.2 Å². The molecule has 0 aromatic heterocycles. The lowest BCUT2D eigenvalue weighted by Gasteiger charge is -2.27. The van der Waals surface area contributed by atoms with Crippen molar-refractivity contribution in [1.82, 2.24) is 10.2 Å². The minimum absolute atomic E-state index is 0.0184. The SMILES string of the molecule is CNC(=O)[C@@H]1C[C@H](S)CN1C(=O)OC(C)(C)C. The predicted molar refractivity (Wildman–Crippen MR) is 68.2 cm³/mol. The van der Waals surface area contributed by atoms with Crippen molar-refractivity contribution >= 4 is 24.6 Å². The van der Waals surface area contributed by atoms with Crippen LogP contribution in [0.15, 0.2) is 0 Å². The summed E-state index contributed by atoms with van der Waals surface area (Å²) in [7, 11) is 1.56. The van der Waals surface area contributed by atoms with Gasteiger partial charge in [0.05, 0.1) is 0 Å². The van der Waals surface area contributed by atoms with E-state index in [9.17, 15) is 9.59 Å². The first kappa shape index (κ1) is 14.2. The van der Waals surface area contributed by atoms with E-state index in [1.807, 2.05) is 0 Å². The molecule has 1 rings (SSSR count). The van der Waals surface area contributed by atoms with Gasteiger partial charge in [-0.15, -0.1) is 0 Å². The quantitative estimate of drug-likeness (QED) is 0.693. The van der Waals surface area contributed by atoms with Gasteiger partial charge in [0.1, 0.15) is 11.6 Å². The first-order valence-corrected chi connectivity index (χ1v) is 6.15. The van der Waals surface area contributed by atoms with Crippen molar-refractivity contribution in [3.63, 3.8) is 0 Å². The van der Waals surface area contributed by atoms with E-state index in [0.29, 0.717) is 13.0 Å². The van der Waals surface area contributed by atoms with Gasteiger partial charge in [0.15, 0.2) is 0 Å². The van der Waals surface area contributed by atoms with Crippen molar-refractivity contribution < 1.29 is 14.3 Å². The summed E-state index contributed by atoms with van der Waals surface area (Å²) in [5, 5.41) is 2.57. The summed E-state index contributed by atoms with van der Waals surface area (Å²) in [6.07, 6.45) is 0.102. The lowest BCUT2D eigenvalue weighted by Crippen LogP contribution is -2.46. The zero-order chi connectivity index (χ0) is 13.2. The Kier molecular flexibility index (Phi) is 4.30. The van der Waals surface area contributed by atoms with Crippen LogP contribution in [0, 0.1) is 0 Å². The first-order valence-electron chi connectivity index (χ1n) is 5.64. The monoisotopic (exact) mass is 260 g/mol. The molecule has 0 aromatic rings. The Morgan fingerprint density at radius 2 is 2.00 bits per heavy atom. The number of hydrogen-bond donors (Lipinski definition) is 2. The molecule has 0 bridgehead atoms. The fraction of sp³-hybridized carbons (Fsp3) is 0.818. The fourth-order valence-electron chi connectivity index (χ4n) is 1.75. The molecule has 0 unspecified atom stereocenters. The third-order valence-electron chi connectivity index (χ3n) is 2.46. The molecule has 0 aromatic carbocycles. The molecule has 0 aliphatic carbocycles. The highest BCUT2D eigenvalue weighted by Crippen LogP contribution is 2.24. The molecule has 1 N–H and O–H groups in total. The van der Waals surface area contributed by atoms with E-state index in [-0.39, 0.29) is 11.2 Å². The van der Waals surface area contributed by atoms with Crippen molar-refractivity contribution in [1.29, 1.82) is 0 Å². The molecule has 17 heavy (non-hydrogen) atoms. The zero-order valence-electron chi connectivity index (χ0n) is 10.7. The van der Waals surface area contributed by atoms with Crippen LogP contribution in [0.3, 0.4) is 0 Å². The van der Waals surface area contributed by atoms with Crippen molar-refractivity contribution in [2.75, 3.05) is 13.6 Å². The number of hydrogen-bond acceptors (Lipinski definition) is 4. The number of nitrogens with zero attached hydrogens (tertiary/aromatic N) is 1. The Labute approximate surface area is 107 Å². The average Bonchev–Trinajstić information content (AvgIpc) is 2.56. The van der Waals surface area contributed by atoms with Gasteiger partial charge in [0.25, 0.3) is 0 Å². The number of carbonyl (C=O) groups excluding carboxylic acids is 2. The summed E-state index contributed by atoms with van der Waals surface area (Å²) in [6, 6.07) is -0.475. The molecule has 1 fully saturated rings. The Morgan fingerprint density at radius 1 is 1.41 bits per heavy atom. The van der Waals surface area contributed by atoms with E-state index in [1.54, 1.807) is 27.8 Å². The molecule has 0 radical (unpaired) electrons. The number of nitrogens with one attached hydrogen (secondary N) is 1. The largest absolute Gasteiger partial charge is 0.444 e. The molecule has 1 heterocycles. The topological polar surface area (TPSA) is 58.6 Å². The van der Waals surface area contributed by atoms with Crippen LogP contribution in [0.4, 0.5) is 4.79 Å². The minimum Gasteiger partial charge on any atom is -0.444 e. The molecule has 2 atom stereocenters. The van der Waals surface area contributed by atoms with Crippen LogP contribution in [0.25, 0.3) is 0 Å². The molecule has 0 spiro atoms. The smallest absolute Gasteiger partial charge is 0.411 e. The normalized spacial score (nSPS) is 24.6. The standard InChI is InChI=1S/C11H20N2O3S/c1-11(2,3)16-10(15)13-6-7(17)5-8(13)9(14)12-4/h7-8,17H,5-6H2,1-4H3,(H,12,14)/t7-,8-/m0/s1. The van der Waals surface area contributed by atoms with E-state index < -0.39 is 17.7 Å². The predicted octanol–water partition coefficient (Wildman–Crippen LogP) is 1.04. The molecule has 98 valence electrons. The van der Waals surface area contributed by atoms with E-state index in [1.165, 1.54) is 4.90 Å². The second kappa shape index (κ2) is 5.16. The van der Waals surface area contributed by atoms with Gasteiger partial charge in [-0.1, -0.05) is 0 Å². The van der Waals surface area contributed by atoms with Gasteiger partial charge in [-0.3, -0.25) is 9.69 Å². The van der Waals surface area contributed by atoms with Crippen LogP contribution < -0.4 is 5.32 Å². The van der Waals surface area contributed by atoms with Crippen molar-refractivity contribution in [2.24, 2.45) is 0 Å². The molecular formula is C11H20N2O3S. The maximum Gasteiger partial charge on any atom is 0.411 e. The molecule has 1 aliphatic heterocycles. The highest BCUT2D eigenvalue weighted by atomic mass is 32.1. The minimum atomic E-state index is -0.557. The number of likely N-dealkylation sites (N-methyl/N-ethyl adjacent to an activating group) is 1. The van der Waals surface area contributed by atoms with Crippen LogP contribution in [0.5, 0.6) is 0 Å². The van der Waals surface area contributed by atoms with E-state index in [4.69, 9.17) is 4.74 Å². The average molecular weight is 260 g/mol. The van der Waals surface area contributed by atoms with Gasteiger partial charge < -0.3 is 10.1 Å². The fourth-order valence-corrected chi connectivity index (χ4v) is 2.13. The zero-order valence-corrected chi connectivity index (χ0v) is 11.6. The third-order valence-corrected chi connectivity index (χ3v) is 2.83. The van der Waals surface area contributed by atoms with Crippen LogP contribution in [0.2, 0.25) is 0 Å². The van der Waals surface area contributed by atoms with Crippen LogP contribution in [-0.2, 0) is 9.53 Å². The number of carbonyl (C=O) groups is 2. The van der Waals surface area contributed by atoms with E-state index in [0.717, 1.165) is 0 Å². The number of thiol groups is 1. The molecule has 6 heteroatoms. The van der Waals surface area contributed by atoms with Crippen molar-refractivity contribution in [3.05, 3.63) is 0 Å². The second-order valence-electron chi connectivity index (χ2n) is 5.15. The molecule has 5 nitrogen and oxygen atoms in total. The number of ether oxygens (including phenoxy) is 1. The summed E-state index contributed by atoms with van der Waals surface area (Å²) in [6.45, 7) is 5.84. The number of likely N-dealkylation sites (tertiary alicyclic amines) is 1. The van der Waals surface area contributed by atoms with Crippen molar-refractivity contribution in [2.45, 2.75) is 44.1 Å². The molecule has 0 saturated carbocycles. The van der Waals surface area contributed by atoms with E-state index >= 15 is 0 Å². The second-order valence-corrected chi connectivity index (χ2v) is 5.88. The summed E-state index contributed by atoms with van der Waals surface area (Å²) < 4.78 is 5.27. The Morgan fingerprint density at radius 3 is 2.47 bits per heavy atom. The van der Waals surface area contributed by atoms with Gasteiger partial charge in [-0.05, 0) is 27.2 Å². The number of amides is 2. The first-order chi connectivity index (χ1) is 7.74. The van der Waals surface area contributed by atoms with E-state index in [2.05, 4.69) is 17.9 Å². The van der Waals surface area contributed by atoms with Crippen LogP contribution in [-0.4, -0.2) is 47.4 Å². The van der Waals surface area contributed by atoms with Gasteiger partial charge in [0.2, 0.25) is 5.91 Å². The molecule has 2 amide bonds. The summed E-state index contributed by atoms with van der Waals surface area (Å²) in [4.78, 5) is 25.0. The lowest BCUT2D eigenvalue weighted by molar-refractivity contribution is -0.124. The molecular weight excluding hydrogens is 240 g/mol. The summed E-state index contributed by atoms with van der Waals surface area (Å²) >= 11 is 4.32. The Hall–Kier alpha value is -0.910. The highest BCUT2D eigenvalue weighted by molar-refractivity contribution is 7.81. The maximum absolute atomic E-state index is 11.9. The Bertz CT molecular complexity index is 314. The summed E-state index contributed by atoms with van der Waals surface area (Å²) in [5.41, 5.74) is -0.557. The maximum atomic E-state index is 11.9. The molecule has 1 saturated heterocycles.